The van der Waals surface area contributed by atoms with Gasteiger partial charge in [0.05, 0.1) is 12.1 Å². The summed E-state index contributed by atoms with van der Waals surface area (Å²) < 4.78 is 2.50. The van der Waals surface area contributed by atoms with Gasteiger partial charge < -0.3 is 5.11 Å². The monoisotopic (exact) mass is 308 g/mol. The van der Waals surface area contributed by atoms with Gasteiger partial charge in [-0.15, -0.1) is 0 Å². The molecule has 0 aliphatic rings. The maximum atomic E-state index is 11.4. The van der Waals surface area contributed by atoms with Crippen molar-refractivity contribution in [2.75, 3.05) is 0 Å². The molecular formula is C13H13BrN2O2. The van der Waals surface area contributed by atoms with Gasteiger partial charge in [-0.25, -0.2) is 0 Å². The summed E-state index contributed by atoms with van der Waals surface area (Å²) in [6.07, 6.45) is 3.98. The first-order chi connectivity index (χ1) is 8.58. The van der Waals surface area contributed by atoms with Gasteiger partial charge in [0.25, 0.3) is 0 Å². The van der Waals surface area contributed by atoms with Crippen LogP contribution in [0.15, 0.2) is 41.1 Å². The average Bonchev–Trinajstić information content (AvgIpc) is 2.73. The van der Waals surface area contributed by atoms with Gasteiger partial charge in [0.2, 0.25) is 0 Å². The molecule has 1 unspecified atom stereocenters. The second kappa shape index (κ2) is 5.35. The number of aryl methyl sites for hydroxylation is 1. The number of hydrogen-bond acceptors (Lipinski definition) is 2. The van der Waals surface area contributed by atoms with Crippen LogP contribution in [0, 0.1) is 0 Å². The standard InChI is InChI=1S/C13H13BrN2O2/c1-16-8-9(7-15-16)6-11(13(17)18)10-4-2-3-5-12(10)14/h2-5,7-8,11H,6H2,1H3,(H,17,18). The van der Waals surface area contributed by atoms with E-state index in [1.807, 2.05) is 37.5 Å². The fraction of sp³-hybridized carbons (Fsp3) is 0.231. The van der Waals surface area contributed by atoms with Gasteiger partial charge in [0.15, 0.2) is 0 Å². The third-order valence-electron chi connectivity index (χ3n) is 2.78. The van der Waals surface area contributed by atoms with Crippen LogP contribution in [-0.2, 0) is 18.3 Å². The van der Waals surface area contributed by atoms with Crippen LogP contribution in [0.4, 0.5) is 0 Å². The first kappa shape index (κ1) is 12.8. The molecule has 1 N–H and O–H groups in total. The van der Waals surface area contributed by atoms with Crippen molar-refractivity contribution in [3.8, 4) is 0 Å². The number of carboxylic acid groups (broad SMARTS) is 1. The van der Waals surface area contributed by atoms with Crippen molar-refractivity contribution in [3.63, 3.8) is 0 Å². The number of carbonyl (C=O) groups is 1. The molecule has 2 rings (SSSR count). The molecule has 0 fully saturated rings. The molecule has 0 aliphatic carbocycles. The number of rotatable bonds is 4. The highest BCUT2D eigenvalue weighted by Gasteiger charge is 2.22. The molecule has 0 spiro atoms. The quantitative estimate of drug-likeness (QED) is 0.944. The summed E-state index contributed by atoms with van der Waals surface area (Å²) in [5.74, 6) is -1.39. The Labute approximate surface area is 113 Å². The average molecular weight is 309 g/mol. The zero-order chi connectivity index (χ0) is 13.1. The molecule has 1 aromatic heterocycles. The van der Waals surface area contributed by atoms with Gasteiger partial charge in [-0.1, -0.05) is 34.1 Å². The molecule has 0 saturated carbocycles. The fourth-order valence-electron chi connectivity index (χ4n) is 1.90. The maximum absolute atomic E-state index is 11.4. The van der Waals surface area contributed by atoms with Crippen molar-refractivity contribution in [1.29, 1.82) is 0 Å². The Kier molecular flexibility index (Phi) is 3.81. The summed E-state index contributed by atoms with van der Waals surface area (Å²) in [7, 11) is 1.82. The Bertz CT molecular complexity index is 566. The summed E-state index contributed by atoms with van der Waals surface area (Å²) in [4.78, 5) is 11.4. The predicted octanol–water partition coefficient (Wildman–Crippen LogP) is 2.59. The molecule has 18 heavy (non-hydrogen) atoms. The summed E-state index contributed by atoms with van der Waals surface area (Å²) in [6, 6.07) is 7.41. The van der Waals surface area contributed by atoms with Gasteiger partial charge in [0.1, 0.15) is 0 Å². The predicted molar refractivity (Wildman–Crippen MR) is 71.4 cm³/mol. The number of hydrogen-bond donors (Lipinski definition) is 1. The van der Waals surface area contributed by atoms with E-state index in [1.54, 1.807) is 10.9 Å². The van der Waals surface area contributed by atoms with Crippen molar-refractivity contribution in [3.05, 3.63) is 52.3 Å². The van der Waals surface area contributed by atoms with E-state index in [0.717, 1.165) is 15.6 Å². The lowest BCUT2D eigenvalue weighted by molar-refractivity contribution is -0.138. The van der Waals surface area contributed by atoms with Gasteiger partial charge in [-0.3, -0.25) is 9.48 Å². The first-order valence-corrected chi connectivity index (χ1v) is 6.32. The van der Waals surface area contributed by atoms with Crippen LogP contribution in [0.2, 0.25) is 0 Å². The number of carboxylic acids is 1. The SMILES string of the molecule is Cn1cc(CC(C(=O)O)c2ccccc2Br)cn1. The molecule has 1 aromatic carbocycles. The van der Waals surface area contributed by atoms with Crippen LogP contribution in [0.1, 0.15) is 17.0 Å². The van der Waals surface area contributed by atoms with Crippen molar-refractivity contribution < 1.29 is 9.90 Å². The van der Waals surface area contributed by atoms with E-state index >= 15 is 0 Å². The second-order valence-corrected chi connectivity index (χ2v) is 4.99. The Morgan fingerprint density at radius 2 is 2.22 bits per heavy atom. The molecule has 0 amide bonds. The fourth-order valence-corrected chi connectivity index (χ4v) is 2.46. The Hall–Kier alpha value is -1.62. The molecule has 0 radical (unpaired) electrons. The van der Waals surface area contributed by atoms with Crippen LogP contribution < -0.4 is 0 Å². The van der Waals surface area contributed by atoms with Gasteiger partial charge >= 0.3 is 5.97 Å². The topological polar surface area (TPSA) is 55.1 Å². The van der Waals surface area contributed by atoms with E-state index < -0.39 is 11.9 Å². The molecule has 5 heteroatoms. The van der Waals surface area contributed by atoms with Crippen molar-refractivity contribution in [1.82, 2.24) is 9.78 Å². The highest BCUT2D eigenvalue weighted by molar-refractivity contribution is 9.10. The van der Waals surface area contributed by atoms with Gasteiger partial charge in [-0.05, 0) is 23.6 Å². The lowest BCUT2D eigenvalue weighted by atomic mass is 9.93. The number of nitrogens with zero attached hydrogens (tertiary/aromatic N) is 2. The van der Waals surface area contributed by atoms with Crippen molar-refractivity contribution in [2.24, 2.45) is 7.05 Å². The van der Waals surface area contributed by atoms with E-state index in [0.29, 0.717) is 6.42 Å². The molecule has 1 heterocycles. The van der Waals surface area contributed by atoms with Gasteiger partial charge in [0, 0.05) is 17.7 Å². The van der Waals surface area contributed by atoms with Crippen LogP contribution in [-0.4, -0.2) is 20.9 Å². The highest BCUT2D eigenvalue weighted by atomic mass is 79.9. The van der Waals surface area contributed by atoms with Crippen molar-refractivity contribution in [2.45, 2.75) is 12.3 Å². The van der Waals surface area contributed by atoms with Crippen molar-refractivity contribution >= 4 is 21.9 Å². The number of aromatic nitrogens is 2. The minimum atomic E-state index is -0.828. The third kappa shape index (κ3) is 2.79. The first-order valence-electron chi connectivity index (χ1n) is 5.52. The minimum absolute atomic E-state index is 0.436. The number of benzene rings is 1. The molecular weight excluding hydrogens is 296 g/mol. The van der Waals surface area contributed by atoms with E-state index in [9.17, 15) is 9.90 Å². The summed E-state index contributed by atoms with van der Waals surface area (Å²) in [5, 5.41) is 13.4. The Balaban J connectivity index is 2.30. The van der Waals surface area contributed by atoms with Crippen LogP contribution in [0.5, 0.6) is 0 Å². The zero-order valence-electron chi connectivity index (χ0n) is 9.88. The second-order valence-electron chi connectivity index (χ2n) is 4.14. The molecule has 94 valence electrons. The van der Waals surface area contributed by atoms with Gasteiger partial charge in [-0.2, -0.15) is 5.10 Å². The van der Waals surface area contributed by atoms with E-state index in [1.165, 1.54) is 0 Å². The minimum Gasteiger partial charge on any atom is -0.481 e. The molecule has 0 bridgehead atoms. The molecule has 0 aliphatic heterocycles. The van der Waals surface area contributed by atoms with E-state index in [-0.39, 0.29) is 0 Å². The summed E-state index contributed by atoms with van der Waals surface area (Å²) in [5.41, 5.74) is 1.70. The highest BCUT2D eigenvalue weighted by Crippen LogP contribution is 2.27. The van der Waals surface area contributed by atoms with Crippen LogP contribution in [0.25, 0.3) is 0 Å². The lowest BCUT2D eigenvalue weighted by Gasteiger charge is -2.13. The normalized spacial score (nSPS) is 12.3. The van der Waals surface area contributed by atoms with E-state index in [4.69, 9.17) is 0 Å². The Morgan fingerprint density at radius 3 is 2.78 bits per heavy atom. The number of aliphatic carboxylic acids is 1. The van der Waals surface area contributed by atoms with E-state index in [2.05, 4.69) is 21.0 Å². The molecule has 1 atom stereocenters. The van der Waals surface area contributed by atoms with Crippen LogP contribution >= 0.6 is 15.9 Å². The van der Waals surface area contributed by atoms with Crippen LogP contribution in [0.3, 0.4) is 0 Å². The smallest absolute Gasteiger partial charge is 0.311 e. The summed E-state index contributed by atoms with van der Waals surface area (Å²) in [6.45, 7) is 0. The third-order valence-corrected chi connectivity index (χ3v) is 3.50. The molecule has 2 aromatic rings. The maximum Gasteiger partial charge on any atom is 0.311 e. The molecule has 0 saturated heterocycles. The lowest BCUT2D eigenvalue weighted by Crippen LogP contribution is -2.14. The zero-order valence-corrected chi connectivity index (χ0v) is 11.5. The molecule has 4 nitrogen and oxygen atoms in total. The summed E-state index contributed by atoms with van der Waals surface area (Å²) >= 11 is 3.40. The number of halogens is 1. The Morgan fingerprint density at radius 1 is 1.50 bits per heavy atom. The largest absolute Gasteiger partial charge is 0.481 e.